The van der Waals surface area contributed by atoms with Gasteiger partial charge in [0.15, 0.2) is 17.3 Å². The number of nitrogens with one attached hydrogen (secondary N) is 1. The Morgan fingerprint density at radius 1 is 1.05 bits per heavy atom. The second-order valence-electron chi connectivity index (χ2n) is 4.54. The predicted octanol–water partition coefficient (Wildman–Crippen LogP) is 2.18. The van der Waals surface area contributed by atoms with Gasteiger partial charge in [0, 0.05) is 30.9 Å². The lowest BCUT2D eigenvalue weighted by Crippen LogP contribution is -1.97. The molecule has 0 saturated carbocycles. The average molecular weight is 268 g/mol. The van der Waals surface area contributed by atoms with Gasteiger partial charge in [-0.05, 0) is 0 Å². The molecule has 1 N–H and O–H groups in total. The fourth-order valence-corrected chi connectivity index (χ4v) is 2.21. The number of aromatic amines is 1. The third-order valence-electron chi connectivity index (χ3n) is 3.16. The summed E-state index contributed by atoms with van der Waals surface area (Å²) in [6.45, 7) is 1.34. The first-order valence-electron chi connectivity index (χ1n) is 6.46. The summed E-state index contributed by atoms with van der Waals surface area (Å²) in [5.41, 5.74) is 2.44. The molecule has 0 amide bonds. The van der Waals surface area contributed by atoms with E-state index in [0.29, 0.717) is 24.7 Å². The van der Waals surface area contributed by atoms with Crippen molar-refractivity contribution in [2.24, 2.45) is 0 Å². The minimum Gasteiger partial charge on any atom is -0.489 e. The molecule has 6 nitrogen and oxygen atoms in total. The summed E-state index contributed by atoms with van der Waals surface area (Å²) in [6.07, 6.45) is 5.84. The van der Waals surface area contributed by atoms with Crippen LogP contribution in [0.1, 0.15) is 6.42 Å². The molecule has 0 saturated heterocycles. The molecule has 3 aromatic rings. The Labute approximate surface area is 114 Å². The summed E-state index contributed by atoms with van der Waals surface area (Å²) in [7, 11) is 0. The molecule has 2 aromatic heterocycles. The molecule has 0 atom stereocenters. The Morgan fingerprint density at radius 2 is 1.90 bits per heavy atom. The van der Waals surface area contributed by atoms with E-state index in [1.165, 1.54) is 0 Å². The SMILES string of the molecule is c1cnc(-c2nc3cc4c(cc3[nH]2)OCCCO4)cn1. The number of hydrogen-bond acceptors (Lipinski definition) is 5. The molecule has 100 valence electrons. The standard InChI is InChI=1S/C14H12N4O2/c1-4-19-12-6-9-10(7-13(12)20-5-1)18-14(17-9)11-8-15-2-3-16-11/h2-3,6-8H,1,4-5H2,(H,17,18). The zero-order chi connectivity index (χ0) is 13.4. The van der Waals surface area contributed by atoms with Crippen LogP contribution in [-0.4, -0.2) is 33.1 Å². The molecule has 0 bridgehead atoms. The molecule has 0 spiro atoms. The van der Waals surface area contributed by atoms with Gasteiger partial charge in [0.2, 0.25) is 0 Å². The van der Waals surface area contributed by atoms with Gasteiger partial charge in [-0.25, -0.2) is 9.97 Å². The van der Waals surface area contributed by atoms with Crippen LogP contribution in [-0.2, 0) is 0 Å². The highest BCUT2D eigenvalue weighted by atomic mass is 16.5. The monoisotopic (exact) mass is 268 g/mol. The van der Waals surface area contributed by atoms with Crippen LogP contribution in [0.25, 0.3) is 22.6 Å². The number of imidazole rings is 1. The van der Waals surface area contributed by atoms with Gasteiger partial charge in [-0.3, -0.25) is 4.98 Å². The molecule has 6 heteroatoms. The van der Waals surface area contributed by atoms with Crippen molar-refractivity contribution in [1.82, 2.24) is 19.9 Å². The zero-order valence-electron chi connectivity index (χ0n) is 10.7. The number of H-pyrrole nitrogens is 1. The van der Waals surface area contributed by atoms with E-state index in [4.69, 9.17) is 9.47 Å². The van der Waals surface area contributed by atoms with Crippen LogP contribution in [0.15, 0.2) is 30.7 Å². The van der Waals surface area contributed by atoms with Crippen LogP contribution < -0.4 is 9.47 Å². The second kappa shape index (κ2) is 4.48. The summed E-state index contributed by atoms with van der Waals surface area (Å²) >= 11 is 0. The first kappa shape index (κ1) is 11.2. The molecule has 3 heterocycles. The van der Waals surface area contributed by atoms with Crippen LogP contribution in [0.4, 0.5) is 0 Å². The van der Waals surface area contributed by atoms with Crippen molar-refractivity contribution in [3.8, 4) is 23.0 Å². The van der Waals surface area contributed by atoms with Gasteiger partial charge < -0.3 is 14.5 Å². The first-order valence-corrected chi connectivity index (χ1v) is 6.46. The number of hydrogen-bond donors (Lipinski definition) is 1. The quantitative estimate of drug-likeness (QED) is 0.732. The molecular weight excluding hydrogens is 256 g/mol. The van der Waals surface area contributed by atoms with E-state index in [0.717, 1.165) is 29.0 Å². The van der Waals surface area contributed by atoms with Crippen molar-refractivity contribution in [3.63, 3.8) is 0 Å². The molecule has 4 rings (SSSR count). The first-order chi connectivity index (χ1) is 9.90. The fraction of sp³-hybridized carbons (Fsp3) is 0.214. The predicted molar refractivity (Wildman–Crippen MR) is 72.7 cm³/mol. The van der Waals surface area contributed by atoms with Gasteiger partial charge in [-0.15, -0.1) is 0 Å². The van der Waals surface area contributed by atoms with Gasteiger partial charge in [-0.1, -0.05) is 0 Å². The molecule has 1 aromatic carbocycles. The number of rotatable bonds is 1. The van der Waals surface area contributed by atoms with E-state index in [-0.39, 0.29) is 0 Å². The van der Waals surface area contributed by atoms with Crippen molar-refractivity contribution >= 4 is 11.0 Å². The summed E-state index contributed by atoms with van der Waals surface area (Å²) in [6, 6.07) is 3.81. The second-order valence-corrected chi connectivity index (χ2v) is 4.54. The topological polar surface area (TPSA) is 72.9 Å². The minimum absolute atomic E-state index is 0.667. The highest BCUT2D eigenvalue weighted by Crippen LogP contribution is 2.34. The van der Waals surface area contributed by atoms with E-state index >= 15 is 0 Å². The summed E-state index contributed by atoms with van der Waals surface area (Å²) in [4.78, 5) is 16.0. The Hall–Kier alpha value is -2.63. The molecule has 20 heavy (non-hydrogen) atoms. The zero-order valence-corrected chi connectivity index (χ0v) is 10.7. The molecule has 1 aliphatic rings. The molecule has 0 radical (unpaired) electrons. The Morgan fingerprint density at radius 3 is 2.70 bits per heavy atom. The lowest BCUT2D eigenvalue weighted by Gasteiger charge is -2.05. The Balaban J connectivity index is 1.84. The average Bonchev–Trinajstić information content (AvgIpc) is 2.76. The minimum atomic E-state index is 0.667. The van der Waals surface area contributed by atoms with Crippen LogP contribution >= 0.6 is 0 Å². The smallest absolute Gasteiger partial charge is 0.163 e. The third-order valence-corrected chi connectivity index (χ3v) is 3.16. The number of nitrogens with zero attached hydrogens (tertiary/aromatic N) is 3. The summed E-state index contributed by atoms with van der Waals surface area (Å²) in [5, 5.41) is 0. The van der Waals surface area contributed by atoms with Crippen molar-refractivity contribution in [1.29, 1.82) is 0 Å². The molecule has 1 aliphatic heterocycles. The molecule has 0 unspecified atom stereocenters. The maximum atomic E-state index is 5.67. The number of fused-ring (bicyclic) bond motifs is 2. The number of aromatic nitrogens is 4. The van der Waals surface area contributed by atoms with E-state index in [1.54, 1.807) is 18.6 Å². The van der Waals surface area contributed by atoms with Gasteiger partial charge >= 0.3 is 0 Å². The van der Waals surface area contributed by atoms with Crippen molar-refractivity contribution in [2.75, 3.05) is 13.2 Å². The van der Waals surface area contributed by atoms with Crippen molar-refractivity contribution in [2.45, 2.75) is 6.42 Å². The van der Waals surface area contributed by atoms with Gasteiger partial charge in [0.05, 0.1) is 30.4 Å². The molecule has 0 aliphatic carbocycles. The van der Waals surface area contributed by atoms with Crippen molar-refractivity contribution < 1.29 is 9.47 Å². The van der Waals surface area contributed by atoms with E-state index in [1.807, 2.05) is 12.1 Å². The van der Waals surface area contributed by atoms with Crippen LogP contribution in [0.3, 0.4) is 0 Å². The van der Waals surface area contributed by atoms with Crippen LogP contribution in [0.2, 0.25) is 0 Å². The Kier molecular flexibility index (Phi) is 2.51. The van der Waals surface area contributed by atoms with Crippen LogP contribution in [0, 0.1) is 0 Å². The lowest BCUT2D eigenvalue weighted by atomic mass is 10.3. The normalized spacial score (nSPS) is 14.2. The van der Waals surface area contributed by atoms with Gasteiger partial charge in [0.25, 0.3) is 0 Å². The van der Waals surface area contributed by atoms with Gasteiger partial charge in [-0.2, -0.15) is 0 Å². The summed E-state index contributed by atoms with van der Waals surface area (Å²) < 4.78 is 11.3. The number of ether oxygens (including phenoxy) is 2. The fourth-order valence-electron chi connectivity index (χ4n) is 2.21. The largest absolute Gasteiger partial charge is 0.489 e. The van der Waals surface area contributed by atoms with Gasteiger partial charge in [0.1, 0.15) is 5.69 Å². The lowest BCUT2D eigenvalue weighted by molar-refractivity contribution is 0.297. The van der Waals surface area contributed by atoms with Crippen LogP contribution in [0.5, 0.6) is 11.5 Å². The maximum Gasteiger partial charge on any atom is 0.163 e. The van der Waals surface area contributed by atoms with Crippen molar-refractivity contribution in [3.05, 3.63) is 30.7 Å². The number of benzene rings is 1. The highest BCUT2D eigenvalue weighted by Gasteiger charge is 2.14. The maximum absolute atomic E-state index is 5.67. The molecular formula is C14H12N4O2. The highest BCUT2D eigenvalue weighted by molar-refractivity contribution is 5.82. The van der Waals surface area contributed by atoms with E-state index < -0.39 is 0 Å². The summed E-state index contributed by atoms with van der Waals surface area (Å²) in [5.74, 6) is 2.19. The van der Waals surface area contributed by atoms with E-state index in [2.05, 4.69) is 19.9 Å². The van der Waals surface area contributed by atoms with E-state index in [9.17, 15) is 0 Å². The molecule has 0 fully saturated rings. The Bertz CT molecular complexity index is 711. The third kappa shape index (κ3) is 1.85.